The smallest absolute Gasteiger partial charge is 0.261 e. The van der Waals surface area contributed by atoms with Crippen molar-refractivity contribution in [2.24, 2.45) is 5.92 Å². The Balaban J connectivity index is 1.83. The summed E-state index contributed by atoms with van der Waals surface area (Å²) in [6.07, 6.45) is 0.485. The number of benzene rings is 3. The lowest BCUT2D eigenvalue weighted by Crippen LogP contribution is -2.50. The maximum atomic E-state index is 13.5. The highest BCUT2D eigenvalue weighted by Crippen LogP contribution is 2.33. The summed E-state index contributed by atoms with van der Waals surface area (Å²) in [6.45, 7) is 6.62. The molecule has 0 spiro atoms. The van der Waals surface area contributed by atoms with Crippen molar-refractivity contribution >= 4 is 38.5 Å². The number of fused-ring (bicyclic) bond motifs is 1. The summed E-state index contributed by atoms with van der Waals surface area (Å²) >= 11 is 3.61. The Morgan fingerprint density at radius 2 is 1.83 bits per heavy atom. The van der Waals surface area contributed by atoms with E-state index in [1.165, 1.54) is 0 Å². The van der Waals surface area contributed by atoms with E-state index >= 15 is 0 Å². The molecule has 3 rings (SSSR count). The van der Waals surface area contributed by atoms with E-state index in [0.717, 1.165) is 20.8 Å². The number of hydrogen-bond donors (Lipinski definition) is 1. The molecule has 0 aromatic heterocycles. The molecular weight excluding hydrogens is 508 g/mol. The number of hydrogen-bond acceptors (Lipinski definition) is 4. The van der Waals surface area contributed by atoms with Gasteiger partial charge >= 0.3 is 0 Å². The van der Waals surface area contributed by atoms with Crippen LogP contribution in [0.1, 0.15) is 32.8 Å². The third-order valence-electron chi connectivity index (χ3n) is 5.74. The van der Waals surface area contributed by atoms with Gasteiger partial charge in [-0.15, -0.1) is 0 Å². The molecule has 6 nitrogen and oxygen atoms in total. The van der Waals surface area contributed by atoms with Crippen LogP contribution in [0.5, 0.6) is 11.5 Å². The molecule has 0 bridgehead atoms. The topological polar surface area (TPSA) is 67.9 Å². The fourth-order valence-electron chi connectivity index (χ4n) is 3.86. The number of methoxy groups -OCH3 is 1. The van der Waals surface area contributed by atoms with Gasteiger partial charge in [0.2, 0.25) is 5.91 Å². The van der Waals surface area contributed by atoms with Gasteiger partial charge < -0.3 is 19.7 Å². The first-order chi connectivity index (χ1) is 16.8. The largest absolute Gasteiger partial charge is 0.497 e. The molecule has 0 saturated heterocycles. The molecule has 1 unspecified atom stereocenters. The van der Waals surface area contributed by atoms with Crippen LogP contribution in [0.2, 0.25) is 0 Å². The van der Waals surface area contributed by atoms with Gasteiger partial charge in [-0.3, -0.25) is 9.59 Å². The molecule has 0 aliphatic carbocycles. The van der Waals surface area contributed by atoms with Crippen LogP contribution in [0.25, 0.3) is 10.8 Å². The molecule has 2 amide bonds. The fraction of sp³-hybridized carbons (Fsp3) is 0.357. The number of halogens is 1. The molecule has 1 atom stereocenters. The molecule has 0 aliphatic heterocycles. The van der Waals surface area contributed by atoms with E-state index in [1.807, 2.05) is 81.4 Å². The van der Waals surface area contributed by atoms with Gasteiger partial charge in [0.05, 0.1) is 11.6 Å². The van der Waals surface area contributed by atoms with Crippen molar-refractivity contribution in [3.05, 3.63) is 70.7 Å². The molecule has 7 heteroatoms. The minimum atomic E-state index is -0.615. The van der Waals surface area contributed by atoms with Crippen molar-refractivity contribution in [3.63, 3.8) is 0 Å². The van der Waals surface area contributed by atoms with Crippen LogP contribution >= 0.6 is 15.9 Å². The fourth-order valence-corrected chi connectivity index (χ4v) is 4.46. The average molecular weight is 541 g/mol. The van der Waals surface area contributed by atoms with E-state index in [9.17, 15) is 9.59 Å². The summed E-state index contributed by atoms with van der Waals surface area (Å²) in [5.74, 6) is 1.16. The zero-order valence-electron chi connectivity index (χ0n) is 20.7. The van der Waals surface area contributed by atoms with Crippen LogP contribution in [-0.2, 0) is 16.1 Å². The number of nitrogens with zero attached hydrogens (tertiary/aromatic N) is 1. The van der Waals surface area contributed by atoms with Crippen LogP contribution < -0.4 is 14.8 Å². The van der Waals surface area contributed by atoms with Gasteiger partial charge in [0.15, 0.2) is 6.61 Å². The van der Waals surface area contributed by atoms with Crippen molar-refractivity contribution in [1.82, 2.24) is 10.2 Å². The number of nitrogens with one attached hydrogen (secondary N) is 1. The third kappa shape index (κ3) is 6.98. The second-order valence-corrected chi connectivity index (χ2v) is 9.62. The molecule has 3 aromatic carbocycles. The molecule has 0 aliphatic rings. The first kappa shape index (κ1) is 26.5. The van der Waals surface area contributed by atoms with Gasteiger partial charge in [0.25, 0.3) is 5.91 Å². The van der Waals surface area contributed by atoms with Crippen LogP contribution in [0.4, 0.5) is 0 Å². The highest BCUT2D eigenvalue weighted by atomic mass is 79.9. The highest BCUT2D eigenvalue weighted by molar-refractivity contribution is 9.10. The Labute approximate surface area is 215 Å². The first-order valence-electron chi connectivity index (χ1n) is 11.8. The molecule has 0 fully saturated rings. The molecule has 35 heavy (non-hydrogen) atoms. The van der Waals surface area contributed by atoms with Gasteiger partial charge in [-0.1, -0.05) is 63.2 Å². The summed E-state index contributed by atoms with van der Waals surface area (Å²) in [6, 6.07) is 18.7. The predicted octanol–water partition coefficient (Wildman–Crippen LogP) is 5.57. The first-order valence-corrected chi connectivity index (χ1v) is 12.6. The van der Waals surface area contributed by atoms with E-state index < -0.39 is 6.04 Å². The molecule has 1 N–H and O–H groups in total. The van der Waals surface area contributed by atoms with E-state index in [-0.39, 0.29) is 25.0 Å². The van der Waals surface area contributed by atoms with Crippen LogP contribution in [0, 0.1) is 5.92 Å². The standard InChI is InChI=1S/C28H33BrN2O4/c1-5-24(28(33)30-16-19(2)3)31(17-20-9-8-11-22(15-20)34-4)26(32)18-35-25-14-13-21-10-6-7-12-23(21)27(25)29/h6-15,19,24H,5,16-18H2,1-4H3,(H,30,33). The lowest BCUT2D eigenvalue weighted by Gasteiger charge is -2.31. The zero-order valence-corrected chi connectivity index (χ0v) is 22.3. The van der Waals surface area contributed by atoms with Crippen LogP contribution in [0.3, 0.4) is 0 Å². The Morgan fingerprint density at radius 3 is 2.54 bits per heavy atom. The van der Waals surface area contributed by atoms with Crippen LogP contribution in [-0.4, -0.2) is 43.0 Å². The zero-order chi connectivity index (χ0) is 25.4. The maximum absolute atomic E-state index is 13.5. The summed E-state index contributed by atoms with van der Waals surface area (Å²) < 4.78 is 12.1. The summed E-state index contributed by atoms with van der Waals surface area (Å²) in [5.41, 5.74) is 0.875. The van der Waals surface area contributed by atoms with Crippen molar-refractivity contribution in [2.75, 3.05) is 20.3 Å². The summed E-state index contributed by atoms with van der Waals surface area (Å²) in [7, 11) is 1.60. The van der Waals surface area contributed by atoms with E-state index in [1.54, 1.807) is 12.0 Å². The van der Waals surface area contributed by atoms with E-state index in [2.05, 4.69) is 21.2 Å². The lowest BCUT2D eigenvalue weighted by atomic mass is 10.1. The van der Waals surface area contributed by atoms with Crippen molar-refractivity contribution < 1.29 is 19.1 Å². The van der Waals surface area contributed by atoms with Crippen molar-refractivity contribution in [3.8, 4) is 11.5 Å². The SMILES string of the molecule is CCC(C(=O)NCC(C)C)N(Cc1cccc(OC)c1)C(=O)COc1ccc2ccccc2c1Br. The number of carbonyl (C=O) groups excluding carboxylic acids is 2. The molecule has 0 heterocycles. The van der Waals surface area contributed by atoms with Gasteiger partial charge in [0.1, 0.15) is 17.5 Å². The Morgan fingerprint density at radius 1 is 1.06 bits per heavy atom. The van der Waals surface area contributed by atoms with Gasteiger partial charge in [-0.05, 0) is 62.8 Å². The van der Waals surface area contributed by atoms with Crippen LogP contribution in [0.15, 0.2) is 65.1 Å². The normalized spacial score (nSPS) is 11.8. The number of ether oxygens (including phenoxy) is 2. The maximum Gasteiger partial charge on any atom is 0.261 e. The Kier molecular flexibility index (Phi) is 9.55. The third-order valence-corrected chi connectivity index (χ3v) is 6.55. The Bertz CT molecular complexity index is 1160. The monoisotopic (exact) mass is 540 g/mol. The minimum absolute atomic E-state index is 0.163. The highest BCUT2D eigenvalue weighted by Gasteiger charge is 2.29. The summed E-state index contributed by atoms with van der Waals surface area (Å²) in [4.78, 5) is 28.1. The molecule has 186 valence electrons. The second kappa shape index (κ2) is 12.6. The van der Waals surface area contributed by atoms with E-state index in [4.69, 9.17) is 9.47 Å². The minimum Gasteiger partial charge on any atom is -0.497 e. The van der Waals surface area contributed by atoms with Crippen molar-refractivity contribution in [1.29, 1.82) is 0 Å². The van der Waals surface area contributed by atoms with Gasteiger partial charge in [-0.25, -0.2) is 0 Å². The van der Waals surface area contributed by atoms with E-state index in [0.29, 0.717) is 30.4 Å². The lowest BCUT2D eigenvalue weighted by molar-refractivity contribution is -0.143. The Hall–Kier alpha value is -3.06. The number of carbonyl (C=O) groups is 2. The predicted molar refractivity (Wildman–Crippen MR) is 143 cm³/mol. The molecule has 0 radical (unpaired) electrons. The quantitative estimate of drug-likeness (QED) is 0.345. The number of rotatable bonds is 11. The van der Waals surface area contributed by atoms with Crippen molar-refractivity contribution in [2.45, 2.75) is 39.8 Å². The summed E-state index contributed by atoms with van der Waals surface area (Å²) in [5, 5.41) is 5.05. The number of amides is 2. The molecular formula is C28H33BrN2O4. The molecule has 3 aromatic rings. The average Bonchev–Trinajstić information content (AvgIpc) is 2.87. The molecule has 0 saturated carbocycles. The second-order valence-electron chi connectivity index (χ2n) is 8.82. The van der Waals surface area contributed by atoms with Gasteiger partial charge in [0, 0.05) is 13.1 Å². The van der Waals surface area contributed by atoms with Gasteiger partial charge in [-0.2, -0.15) is 0 Å².